The highest BCUT2D eigenvalue weighted by Gasteiger charge is 2.16. The summed E-state index contributed by atoms with van der Waals surface area (Å²) in [4.78, 5) is 0. The Bertz CT molecular complexity index is 601. The Morgan fingerprint density at radius 2 is 1.70 bits per heavy atom. The summed E-state index contributed by atoms with van der Waals surface area (Å²) in [5, 5.41) is 3.90. The molecule has 0 aromatic heterocycles. The van der Waals surface area contributed by atoms with Crippen LogP contribution in [0.1, 0.15) is 37.1 Å². The minimum absolute atomic E-state index is 0.0219. The molecular weight excluding hydrogens is 280 g/mol. The van der Waals surface area contributed by atoms with E-state index >= 15 is 0 Å². The molecule has 0 saturated carbocycles. The predicted octanol–water partition coefficient (Wildman–Crippen LogP) is 5.03. The average molecular weight is 296 g/mol. The van der Waals surface area contributed by atoms with Crippen molar-refractivity contribution in [2.45, 2.75) is 25.9 Å². The molecule has 106 valence electrons. The molecule has 0 spiro atoms. The van der Waals surface area contributed by atoms with Crippen LogP contribution in [0, 0.1) is 11.6 Å². The summed E-state index contributed by atoms with van der Waals surface area (Å²) in [5.41, 5.74) is 1.32. The van der Waals surface area contributed by atoms with Crippen molar-refractivity contribution in [3.63, 3.8) is 0 Å². The number of hydrogen-bond acceptors (Lipinski definition) is 1. The lowest BCUT2D eigenvalue weighted by molar-refractivity contribution is 0.449. The Balaban J connectivity index is 2.15. The van der Waals surface area contributed by atoms with Crippen molar-refractivity contribution < 1.29 is 8.78 Å². The first-order valence-electron chi connectivity index (χ1n) is 6.44. The molecule has 2 aromatic rings. The van der Waals surface area contributed by atoms with Crippen LogP contribution < -0.4 is 5.32 Å². The summed E-state index contributed by atoms with van der Waals surface area (Å²) in [6.07, 6.45) is 0. The molecule has 4 heteroatoms. The van der Waals surface area contributed by atoms with Gasteiger partial charge in [-0.25, -0.2) is 8.78 Å². The number of nitrogens with one attached hydrogen (secondary N) is 1. The third-order valence-electron chi connectivity index (χ3n) is 3.30. The van der Waals surface area contributed by atoms with Crippen LogP contribution in [0.15, 0.2) is 42.5 Å². The Morgan fingerprint density at radius 3 is 2.40 bits per heavy atom. The fraction of sp³-hybridized carbons (Fsp3) is 0.250. The highest BCUT2D eigenvalue weighted by atomic mass is 35.5. The third-order valence-corrected chi connectivity index (χ3v) is 3.53. The van der Waals surface area contributed by atoms with Crippen molar-refractivity contribution in [3.8, 4) is 0 Å². The van der Waals surface area contributed by atoms with Gasteiger partial charge in [-0.3, -0.25) is 0 Å². The van der Waals surface area contributed by atoms with Crippen LogP contribution in [0.25, 0.3) is 0 Å². The van der Waals surface area contributed by atoms with E-state index in [4.69, 9.17) is 11.6 Å². The first-order chi connectivity index (χ1) is 9.49. The molecule has 0 fully saturated rings. The zero-order valence-corrected chi connectivity index (χ0v) is 12.1. The second-order valence-corrected chi connectivity index (χ2v) is 5.24. The van der Waals surface area contributed by atoms with Gasteiger partial charge in [0.15, 0.2) is 11.6 Å². The standard InChI is InChI=1S/C16H16ClF2N/c1-10(12-5-3-6-13(17)9-12)20-11(2)14-7-4-8-15(18)16(14)19/h3-11,20H,1-2H3. The van der Waals surface area contributed by atoms with Crippen LogP contribution in [-0.4, -0.2) is 0 Å². The molecule has 20 heavy (non-hydrogen) atoms. The first kappa shape index (κ1) is 14.9. The van der Waals surface area contributed by atoms with Crippen LogP contribution in [0.4, 0.5) is 8.78 Å². The van der Waals surface area contributed by atoms with Gasteiger partial charge < -0.3 is 5.32 Å². The SMILES string of the molecule is CC(NC(C)c1cccc(F)c1F)c1cccc(Cl)c1. The molecule has 0 heterocycles. The molecule has 0 radical (unpaired) electrons. The van der Waals surface area contributed by atoms with Gasteiger partial charge in [0, 0.05) is 22.7 Å². The smallest absolute Gasteiger partial charge is 0.163 e. The van der Waals surface area contributed by atoms with Crippen molar-refractivity contribution in [3.05, 3.63) is 70.2 Å². The third kappa shape index (κ3) is 3.35. The van der Waals surface area contributed by atoms with Gasteiger partial charge in [0.25, 0.3) is 0 Å². The van der Waals surface area contributed by atoms with Crippen molar-refractivity contribution >= 4 is 11.6 Å². The highest BCUT2D eigenvalue weighted by molar-refractivity contribution is 6.30. The highest BCUT2D eigenvalue weighted by Crippen LogP contribution is 2.24. The molecule has 0 amide bonds. The quantitative estimate of drug-likeness (QED) is 0.834. The lowest BCUT2D eigenvalue weighted by Gasteiger charge is -2.21. The Kier molecular flexibility index (Phi) is 4.73. The van der Waals surface area contributed by atoms with Gasteiger partial charge in [0.05, 0.1) is 0 Å². The molecule has 0 aliphatic heterocycles. The van der Waals surface area contributed by atoms with Crippen molar-refractivity contribution in [2.75, 3.05) is 0 Å². The van der Waals surface area contributed by atoms with E-state index in [0.717, 1.165) is 11.6 Å². The number of hydrogen-bond donors (Lipinski definition) is 1. The lowest BCUT2D eigenvalue weighted by atomic mass is 10.0. The summed E-state index contributed by atoms with van der Waals surface area (Å²) in [6.45, 7) is 3.76. The fourth-order valence-corrected chi connectivity index (χ4v) is 2.39. The second kappa shape index (κ2) is 6.33. The Hall–Kier alpha value is -1.45. The van der Waals surface area contributed by atoms with Gasteiger partial charge in [-0.1, -0.05) is 35.9 Å². The zero-order chi connectivity index (χ0) is 14.7. The van der Waals surface area contributed by atoms with Crippen molar-refractivity contribution in [1.29, 1.82) is 0 Å². The Morgan fingerprint density at radius 1 is 1.00 bits per heavy atom. The number of rotatable bonds is 4. The second-order valence-electron chi connectivity index (χ2n) is 4.81. The monoisotopic (exact) mass is 295 g/mol. The first-order valence-corrected chi connectivity index (χ1v) is 6.82. The number of halogens is 3. The molecule has 2 rings (SSSR count). The van der Waals surface area contributed by atoms with E-state index in [1.807, 2.05) is 25.1 Å². The molecule has 0 aliphatic carbocycles. The largest absolute Gasteiger partial charge is 0.304 e. The minimum Gasteiger partial charge on any atom is -0.304 e. The molecule has 2 unspecified atom stereocenters. The van der Waals surface area contributed by atoms with Crippen LogP contribution in [0.5, 0.6) is 0 Å². The van der Waals surface area contributed by atoms with E-state index in [9.17, 15) is 8.78 Å². The topological polar surface area (TPSA) is 12.0 Å². The molecule has 0 aliphatic rings. The van der Waals surface area contributed by atoms with Crippen LogP contribution in [0.3, 0.4) is 0 Å². The lowest BCUT2D eigenvalue weighted by Crippen LogP contribution is -2.23. The van der Waals surface area contributed by atoms with E-state index in [2.05, 4.69) is 5.32 Å². The van der Waals surface area contributed by atoms with Gasteiger partial charge in [-0.05, 0) is 37.6 Å². The maximum absolute atomic E-state index is 13.7. The molecule has 1 nitrogen and oxygen atoms in total. The summed E-state index contributed by atoms with van der Waals surface area (Å²) < 4.78 is 27.0. The van der Waals surface area contributed by atoms with Gasteiger partial charge in [0.1, 0.15) is 0 Å². The summed E-state index contributed by atoms with van der Waals surface area (Å²) in [7, 11) is 0. The molecule has 0 bridgehead atoms. The summed E-state index contributed by atoms with van der Waals surface area (Å²) in [6, 6.07) is 11.3. The van der Waals surface area contributed by atoms with E-state index in [0.29, 0.717) is 10.6 Å². The van der Waals surface area contributed by atoms with E-state index < -0.39 is 11.6 Å². The van der Waals surface area contributed by atoms with Gasteiger partial charge in [-0.2, -0.15) is 0 Å². The predicted molar refractivity (Wildman–Crippen MR) is 77.8 cm³/mol. The number of benzene rings is 2. The fourth-order valence-electron chi connectivity index (χ4n) is 2.19. The maximum Gasteiger partial charge on any atom is 0.163 e. The van der Waals surface area contributed by atoms with E-state index in [1.165, 1.54) is 6.07 Å². The zero-order valence-electron chi connectivity index (χ0n) is 11.3. The maximum atomic E-state index is 13.7. The van der Waals surface area contributed by atoms with E-state index in [1.54, 1.807) is 19.1 Å². The van der Waals surface area contributed by atoms with Gasteiger partial charge >= 0.3 is 0 Å². The van der Waals surface area contributed by atoms with Gasteiger partial charge in [0.2, 0.25) is 0 Å². The molecule has 2 atom stereocenters. The summed E-state index contributed by atoms with van der Waals surface area (Å²) in [5.74, 6) is -1.63. The molecule has 0 saturated heterocycles. The molecule has 1 N–H and O–H groups in total. The van der Waals surface area contributed by atoms with Crippen molar-refractivity contribution in [2.24, 2.45) is 0 Å². The Labute approximate surface area is 122 Å². The van der Waals surface area contributed by atoms with Crippen LogP contribution in [-0.2, 0) is 0 Å². The van der Waals surface area contributed by atoms with E-state index in [-0.39, 0.29) is 12.1 Å². The van der Waals surface area contributed by atoms with Gasteiger partial charge in [-0.15, -0.1) is 0 Å². The van der Waals surface area contributed by atoms with Crippen LogP contribution in [0.2, 0.25) is 5.02 Å². The van der Waals surface area contributed by atoms with Crippen molar-refractivity contribution in [1.82, 2.24) is 5.32 Å². The average Bonchev–Trinajstić information content (AvgIpc) is 2.41. The molecule has 2 aromatic carbocycles. The minimum atomic E-state index is -0.827. The normalized spacial score (nSPS) is 14.1. The molecular formula is C16H16ClF2N. The van der Waals surface area contributed by atoms with Crippen LogP contribution >= 0.6 is 11.6 Å². The summed E-state index contributed by atoms with van der Waals surface area (Å²) >= 11 is 5.95.